The zero-order valence-electron chi connectivity index (χ0n) is 12.4. The average Bonchev–Trinajstić information content (AvgIpc) is 2.30. The molecule has 0 radical (unpaired) electrons. The van der Waals surface area contributed by atoms with E-state index >= 15 is 0 Å². The molecule has 6 heteroatoms. The van der Waals surface area contributed by atoms with Gasteiger partial charge in [-0.25, -0.2) is 9.59 Å². The van der Waals surface area contributed by atoms with Gasteiger partial charge in [-0.2, -0.15) is 0 Å². The molecule has 6 nitrogen and oxygen atoms in total. The number of aliphatic carboxylic acids is 2. The summed E-state index contributed by atoms with van der Waals surface area (Å²) in [4.78, 5) is 19.2. The minimum atomic E-state index is -1.10. The molecule has 4 N–H and O–H groups in total. The van der Waals surface area contributed by atoms with Crippen molar-refractivity contribution in [3.8, 4) is 0 Å². The quantitative estimate of drug-likeness (QED) is 0.338. The van der Waals surface area contributed by atoms with E-state index in [0.717, 1.165) is 19.3 Å². The third kappa shape index (κ3) is 29.9. The topological polar surface area (TPSA) is 115 Å². The molecule has 0 aromatic rings. The van der Waals surface area contributed by atoms with E-state index in [1.807, 2.05) is 0 Å². The number of carboxylic acid groups (broad SMARTS) is 2. The van der Waals surface area contributed by atoms with E-state index in [9.17, 15) is 9.59 Å². The molecule has 0 saturated heterocycles. The standard InChI is InChI=1S/C6H14O2.2C4H6O2/c1-2-3-4-5-6(7)8;2*1-3(2)4(5)6/h6-8H,2-5H2,1H3;2*1H2,2H3,(H,5,6). The van der Waals surface area contributed by atoms with E-state index in [4.69, 9.17) is 20.4 Å². The van der Waals surface area contributed by atoms with Crippen LogP contribution in [0.15, 0.2) is 24.3 Å². The lowest BCUT2D eigenvalue weighted by atomic mass is 10.2. The molecule has 0 rings (SSSR count). The van der Waals surface area contributed by atoms with Crippen LogP contribution in [0.2, 0.25) is 0 Å². The molecular formula is C14H26O6. The highest BCUT2D eigenvalue weighted by Crippen LogP contribution is 1.99. The van der Waals surface area contributed by atoms with Crippen molar-refractivity contribution in [1.82, 2.24) is 0 Å². The minimum Gasteiger partial charge on any atom is -0.478 e. The van der Waals surface area contributed by atoms with Gasteiger partial charge in [0.1, 0.15) is 0 Å². The van der Waals surface area contributed by atoms with Crippen LogP contribution in [0.25, 0.3) is 0 Å². The summed E-state index contributed by atoms with van der Waals surface area (Å²) in [5.41, 5.74) is 0.352. The maximum Gasteiger partial charge on any atom is 0.330 e. The molecule has 118 valence electrons. The SMILES string of the molecule is C=C(C)C(=O)O.C=C(C)C(=O)O.CCCCCC(O)O. The van der Waals surface area contributed by atoms with Gasteiger partial charge in [0.2, 0.25) is 0 Å². The van der Waals surface area contributed by atoms with Crippen LogP contribution in [0.5, 0.6) is 0 Å². The lowest BCUT2D eigenvalue weighted by molar-refractivity contribution is -0.133. The summed E-state index contributed by atoms with van der Waals surface area (Å²) in [7, 11) is 0. The van der Waals surface area contributed by atoms with Gasteiger partial charge in [-0.15, -0.1) is 0 Å². The van der Waals surface area contributed by atoms with Crippen LogP contribution < -0.4 is 0 Å². The number of rotatable bonds is 6. The monoisotopic (exact) mass is 290 g/mol. The molecule has 0 aliphatic carbocycles. The van der Waals surface area contributed by atoms with E-state index in [-0.39, 0.29) is 11.1 Å². The summed E-state index contributed by atoms with van der Waals surface area (Å²) >= 11 is 0. The molecule has 0 aliphatic heterocycles. The lowest BCUT2D eigenvalue weighted by Gasteiger charge is -1.99. The maximum absolute atomic E-state index is 9.60. The second-order valence-electron chi connectivity index (χ2n) is 4.15. The van der Waals surface area contributed by atoms with Crippen molar-refractivity contribution in [3.05, 3.63) is 24.3 Å². The number of carboxylic acids is 2. The third-order valence-electron chi connectivity index (χ3n) is 1.80. The van der Waals surface area contributed by atoms with Crippen molar-refractivity contribution in [1.29, 1.82) is 0 Å². The van der Waals surface area contributed by atoms with Gasteiger partial charge in [-0.3, -0.25) is 0 Å². The van der Waals surface area contributed by atoms with Gasteiger partial charge in [-0.05, 0) is 26.7 Å². The van der Waals surface area contributed by atoms with E-state index < -0.39 is 18.2 Å². The Morgan fingerprint density at radius 1 is 0.950 bits per heavy atom. The Balaban J connectivity index is -0.000000221. The Kier molecular flexibility index (Phi) is 18.0. The van der Waals surface area contributed by atoms with Gasteiger partial charge in [0.15, 0.2) is 6.29 Å². The lowest BCUT2D eigenvalue weighted by Crippen LogP contribution is -2.02. The predicted molar refractivity (Wildman–Crippen MR) is 77.3 cm³/mol. The molecule has 20 heavy (non-hydrogen) atoms. The zero-order valence-corrected chi connectivity index (χ0v) is 12.4. The number of aliphatic hydroxyl groups is 2. The molecule has 0 spiro atoms. The highest BCUT2D eigenvalue weighted by molar-refractivity contribution is 5.85. The molecule has 0 heterocycles. The fourth-order valence-corrected chi connectivity index (χ4v) is 0.577. The Morgan fingerprint density at radius 3 is 1.40 bits per heavy atom. The van der Waals surface area contributed by atoms with Gasteiger partial charge >= 0.3 is 11.9 Å². The number of hydrogen-bond acceptors (Lipinski definition) is 4. The molecular weight excluding hydrogens is 264 g/mol. The van der Waals surface area contributed by atoms with Crippen LogP contribution in [-0.4, -0.2) is 38.7 Å². The number of aliphatic hydroxyl groups excluding tert-OH is 1. The van der Waals surface area contributed by atoms with E-state index in [1.54, 1.807) is 0 Å². The van der Waals surface area contributed by atoms with Gasteiger partial charge in [0.05, 0.1) is 0 Å². The van der Waals surface area contributed by atoms with Crippen LogP contribution in [-0.2, 0) is 9.59 Å². The van der Waals surface area contributed by atoms with E-state index in [2.05, 4.69) is 20.1 Å². The summed E-state index contributed by atoms with van der Waals surface area (Å²) in [5, 5.41) is 32.5. The molecule has 0 saturated carbocycles. The van der Waals surface area contributed by atoms with Crippen LogP contribution in [0.1, 0.15) is 46.5 Å². The number of unbranched alkanes of at least 4 members (excludes halogenated alkanes) is 2. The largest absolute Gasteiger partial charge is 0.478 e. The molecule has 0 bridgehead atoms. The highest BCUT2D eigenvalue weighted by Gasteiger charge is 1.93. The van der Waals surface area contributed by atoms with E-state index in [0.29, 0.717) is 6.42 Å². The number of hydrogen-bond donors (Lipinski definition) is 4. The summed E-state index contributed by atoms with van der Waals surface area (Å²) in [6, 6.07) is 0. The highest BCUT2D eigenvalue weighted by atomic mass is 16.5. The first-order valence-corrected chi connectivity index (χ1v) is 6.19. The van der Waals surface area contributed by atoms with Crippen LogP contribution in [0.3, 0.4) is 0 Å². The van der Waals surface area contributed by atoms with Crippen LogP contribution in [0.4, 0.5) is 0 Å². The van der Waals surface area contributed by atoms with Crippen LogP contribution in [0, 0.1) is 0 Å². The molecule has 0 aromatic heterocycles. The first-order valence-electron chi connectivity index (χ1n) is 6.19. The maximum atomic E-state index is 9.60. The Labute approximate surface area is 120 Å². The second-order valence-corrected chi connectivity index (χ2v) is 4.15. The Hall–Kier alpha value is -1.66. The summed E-state index contributed by atoms with van der Waals surface area (Å²) < 4.78 is 0. The van der Waals surface area contributed by atoms with Crippen molar-refractivity contribution in [2.75, 3.05) is 0 Å². The Bertz CT molecular complexity index is 259. The average molecular weight is 290 g/mol. The Morgan fingerprint density at radius 2 is 1.25 bits per heavy atom. The molecule has 0 atom stereocenters. The van der Waals surface area contributed by atoms with Gasteiger partial charge in [0, 0.05) is 11.1 Å². The normalized spacial score (nSPS) is 8.70. The second kappa shape index (κ2) is 15.4. The zero-order chi connectivity index (χ0) is 16.7. The molecule has 0 aromatic carbocycles. The first kappa shape index (κ1) is 23.4. The van der Waals surface area contributed by atoms with Gasteiger partial charge in [0.25, 0.3) is 0 Å². The molecule has 0 fully saturated rings. The van der Waals surface area contributed by atoms with Crippen molar-refractivity contribution in [2.45, 2.75) is 52.7 Å². The first-order chi connectivity index (χ1) is 9.06. The smallest absolute Gasteiger partial charge is 0.330 e. The predicted octanol–water partition coefficient (Wildman–Crippen LogP) is 2.17. The van der Waals surface area contributed by atoms with Crippen molar-refractivity contribution >= 4 is 11.9 Å². The third-order valence-corrected chi connectivity index (χ3v) is 1.80. The minimum absolute atomic E-state index is 0.176. The molecule has 0 amide bonds. The van der Waals surface area contributed by atoms with Crippen molar-refractivity contribution < 1.29 is 30.0 Å². The summed E-state index contributed by atoms with van der Waals surface area (Å²) in [6.45, 7) is 11.3. The fourth-order valence-electron chi connectivity index (χ4n) is 0.577. The fraction of sp³-hybridized carbons (Fsp3) is 0.571. The van der Waals surface area contributed by atoms with Crippen molar-refractivity contribution in [2.24, 2.45) is 0 Å². The van der Waals surface area contributed by atoms with Crippen molar-refractivity contribution in [3.63, 3.8) is 0 Å². The van der Waals surface area contributed by atoms with Gasteiger partial charge in [-0.1, -0.05) is 32.9 Å². The number of carbonyl (C=O) groups is 2. The van der Waals surface area contributed by atoms with Gasteiger partial charge < -0.3 is 20.4 Å². The van der Waals surface area contributed by atoms with E-state index in [1.165, 1.54) is 13.8 Å². The summed E-state index contributed by atoms with van der Waals surface area (Å²) in [6.07, 6.45) is 2.58. The molecule has 0 aliphatic rings. The summed E-state index contributed by atoms with van der Waals surface area (Å²) in [5.74, 6) is -1.87. The molecule has 0 unspecified atom stereocenters. The van der Waals surface area contributed by atoms with Crippen LogP contribution >= 0.6 is 0 Å².